The summed E-state index contributed by atoms with van der Waals surface area (Å²) in [6.07, 6.45) is -5.61. The minimum Gasteiger partial charge on any atom is -0.445 e. The van der Waals surface area contributed by atoms with E-state index in [0.717, 1.165) is 0 Å². The molecule has 4 nitrogen and oxygen atoms in total. The Kier molecular flexibility index (Phi) is 4.33. The van der Waals surface area contributed by atoms with Crippen molar-refractivity contribution in [3.8, 4) is 0 Å². The highest BCUT2D eigenvalue weighted by atomic mass is 19.4. The largest absolute Gasteiger partial charge is 0.522 e. The molecule has 1 rings (SSSR count). The highest BCUT2D eigenvalue weighted by Crippen LogP contribution is 2.19. The second-order valence-electron chi connectivity index (χ2n) is 3.16. The molecule has 94 valence electrons. The summed E-state index contributed by atoms with van der Waals surface area (Å²) in [6.45, 7) is -0.677. The van der Waals surface area contributed by atoms with Crippen LogP contribution >= 0.6 is 0 Å². The van der Waals surface area contributed by atoms with Crippen molar-refractivity contribution in [2.24, 2.45) is 5.73 Å². The van der Waals surface area contributed by atoms with E-state index < -0.39 is 19.1 Å². The van der Waals surface area contributed by atoms with E-state index in [1.807, 2.05) is 0 Å². The van der Waals surface area contributed by atoms with Crippen LogP contribution in [-0.4, -0.2) is 12.5 Å². The molecule has 0 radical (unpaired) electrons. The lowest BCUT2D eigenvalue weighted by Crippen LogP contribution is -2.14. The Balaban J connectivity index is 2.56. The van der Waals surface area contributed by atoms with Gasteiger partial charge in [0.05, 0.1) is 6.61 Å². The molecule has 0 aliphatic carbocycles. The van der Waals surface area contributed by atoms with E-state index in [1.165, 1.54) is 18.2 Å². The van der Waals surface area contributed by atoms with Crippen molar-refractivity contribution in [2.45, 2.75) is 19.6 Å². The Bertz CT molecular complexity index is 393. The Morgan fingerprint density at radius 2 is 1.82 bits per heavy atom. The van der Waals surface area contributed by atoms with E-state index in [4.69, 9.17) is 5.73 Å². The van der Waals surface area contributed by atoms with Gasteiger partial charge in [0.1, 0.15) is 6.61 Å². The molecule has 0 unspecified atom stereocenters. The minimum absolute atomic E-state index is 0.0881. The minimum atomic E-state index is -4.67. The van der Waals surface area contributed by atoms with Crippen LogP contribution in [0.2, 0.25) is 0 Å². The van der Waals surface area contributed by atoms with Crippen molar-refractivity contribution >= 4 is 6.09 Å². The van der Waals surface area contributed by atoms with E-state index in [0.29, 0.717) is 11.1 Å². The van der Waals surface area contributed by atoms with Gasteiger partial charge >= 0.3 is 12.5 Å². The summed E-state index contributed by atoms with van der Waals surface area (Å²) < 4.78 is 43.5. The Morgan fingerprint density at radius 3 is 2.35 bits per heavy atom. The Labute approximate surface area is 95.1 Å². The summed E-state index contributed by atoms with van der Waals surface area (Å²) in [4.78, 5) is 10.3. The lowest BCUT2D eigenvalue weighted by molar-refractivity contribution is -0.330. The third-order valence-corrected chi connectivity index (χ3v) is 1.77. The van der Waals surface area contributed by atoms with Crippen LogP contribution in [0, 0.1) is 0 Å². The van der Waals surface area contributed by atoms with Crippen LogP contribution in [-0.2, 0) is 22.7 Å². The number of ether oxygens (including phenoxy) is 2. The smallest absolute Gasteiger partial charge is 0.445 e. The number of benzene rings is 1. The Hall–Kier alpha value is -1.76. The molecule has 1 aromatic carbocycles. The number of rotatable bonds is 4. The summed E-state index contributed by atoms with van der Waals surface area (Å²) >= 11 is 0. The van der Waals surface area contributed by atoms with Crippen LogP contribution in [0.15, 0.2) is 24.3 Å². The third kappa shape index (κ3) is 5.76. The first-order chi connectivity index (χ1) is 7.87. The number of halogens is 3. The standard InChI is InChI=1S/C10H10F3NO3/c11-10(12,13)17-6-8-3-1-2-7(4-8)5-16-9(14)15/h1-4H,5-6H2,(H2,14,15). The molecule has 1 amide bonds. The van der Waals surface area contributed by atoms with Crippen molar-refractivity contribution in [1.82, 2.24) is 0 Å². The molecule has 1 aromatic rings. The van der Waals surface area contributed by atoms with Crippen LogP contribution < -0.4 is 5.73 Å². The third-order valence-electron chi connectivity index (χ3n) is 1.77. The molecular weight excluding hydrogens is 239 g/mol. The molecule has 7 heteroatoms. The summed E-state index contributed by atoms with van der Waals surface area (Å²) in [6, 6.07) is 6.04. The van der Waals surface area contributed by atoms with Gasteiger partial charge in [0.15, 0.2) is 0 Å². The molecule has 0 fully saturated rings. The summed E-state index contributed by atoms with van der Waals surface area (Å²) in [5.41, 5.74) is 5.62. The average Bonchev–Trinajstić information content (AvgIpc) is 2.23. The fourth-order valence-corrected chi connectivity index (χ4v) is 1.13. The number of hydrogen-bond donors (Lipinski definition) is 1. The van der Waals surface area contributed by atoms with Crippen molar-refractivity contribution < 1.29 is 27.4 Å². The maximum atomic E-state index is 11.8. The lowest BCUT2D eigenvalue weighted by atomic mass is 10.1. The topological polar surface area (TPSA) is 61.6 Å². The van der Waals surface area contributed by atoms with Crippen LogP contribution in [0.1, 0.15) is 11.1 Å². The monoisotopic (exact) mass is 249 g/mol. The number of hydrogen-bond acceptors (Lipinski definition) is 3. The first-order valence-electron chi connectivity index (χ1n) is 4.57. The maximum Gasteiger partial charge on any atom is 0.522 e. The molecule has 0 heterocycles. The zero-order chi connectivity index (χ0) is 12.9. The first kappa shape index (κ1) is 13.3. The number of carbonyl (C=O) groups is 1. The quantitative estimate of drug-likeness (QED) is 0.890. The summed E-state index contributed by atoms with van der Waals surface area (Å²) in [5, 5.41) is 0. The fraction of sp³-hybridized carbons (Fsp3) is 0.300. The molecule has 17 heavy (non-hydrogen) atoms. The van der Waals surface area contributed by atoms with Crippen LogP contribution in [0.25, 0.3) is 0 Å². The predicted molar refractivity (Wildman–Crippen MR) is 51.7 cm³/mol. The van der Waals surface area contributed by atoms with Gasteiger partial charge in [0.25, 0.3) is 0 Å². The molecule has 0 aliphatic rings. The van der Waals surface area contributed by atoms with Gasteiger partial charge in [-0.3, -0.25) is 4.74 Å². The van der Waals surface area contributed by atoms with Gasteiger partial charge in [0, 0.05) is 0 Å². The lowest BCUT2D eigenvalue weighted by Gasteiger charge is -2.08. The van der Waals surface area contributed by atoms with Gasteiger partial charge in [-0.2, -0.15) is 0 Å². The van der Waals surface area contributed by atoms with Crippen molar-refractivity contribution in [1.29, 1.82) is 0 Å². The number of alkyl halides is 3. The predicted octanol–water partition coefficient (Wildman–Crippen LogP) is 2.32. The van der Waals surface area contributed by atoms with Crippen molar-refractivity contribution in [3.63, 3.8) is 0 Å². The zero-order valence-corrected chi connectivity index (χ0v) is 8.66. The molecule has 0 spiro atoms. The van der Waals surface area contributed by atoms with E-state index in [2.05, 4.69) is 9.47 Å². The van der Waals surface area contributed by atoms with Crippen molar-refractivity contribution in [2.75, 3.05) is 0 Å². The molecule has 0 saturated carbocycles. The highest BCUT2D eigenvalue weighted by Gasteiger charge is 2.28. The molecule has 0 saturated heterocycles. The number of amides is 1. The molecule has 0 aromatic heterocycles. The first-order valence-corrected chi connectivity index (χ1v) is 4.57. The molecule has 0 bridgehead atoms. The fourth-order valence-electron chi connectivity index (χ4n) is 1.13. The average molecular weight is 249 g/mol. The van der Waals surface area contributed by atoms with Gasteiger partial charge in [0.2, 0.25) is 0 Å². The molecule has 2 N–H and O–H groups in total. The number of nitrogens with two attached hydrogens (primary N) is 1. The van der Waals surface area contributed by atoms with Crippen LogP contribution in [0.4, 0.5) is 18.0 Å². The second kappa shape index (κ2) is 5.53. The zero-order valence-electron chi connectivity index (χ0n) is 8.66. The summed E-state index contributed by atoms with van der Waals surface area (Å²) in [5.74, 6) is 0. The number of primary amides is 1. The van der Waals surface area contributed by atoms with Gasteiger partial charge < -0.3 is 10.5 Å². The van der Waals surface area contributed by atoms with Gasteiger partial charge in [-0.05, 0) is 11.1 Å². The molecule has 0 atom stereocenters. The van der Waals surface area contributed by atoms with E-state index >= 15 is 0 Å². The number of carbonyl (C=O) groups excluding carboxylic acids is 1. The van der Waals surface area contributed by atoms with Gasteiger partial charge in [-0.1, -0.05) is 24.3 Å². The molecular formula is C10H10F3NO3. The van der Waals surface area contributed by atoms with Crippen molar-refractivity contribution in [3.05, 3.63) is 35.4 Å². The Morgan fingerprint density at radius 1 is 1.24 bits per heavy atom. The van der Waals surface area contributed by atoms with Crippen LogP contribution in [0.3, 0.4) is 0 Å². The maximum absolute atomic E-state index is 11.8. The second-order valence-corrected chi connectivity index (χ2v) is 3.16. The van der Waals surface area contributed by atoms with Gasteiger partial charge in [-0.25, -0.2) is 4.79 Å². The SMILES string of the molecule is NC(=O)OCc1cccc(COC(F)(F)F)c1. The van der Waals surface area contributed by atoms with E-state index in [-0.39, 0.29) is 6.61 Å². The van der Waals surface area contributed by atoms with E-state index in [1.54, 1.807) is 6.07 Å². The highest BCUT2D eigenvalue weighted by molar-refractivity contribution is 5.64. The van der Waals surface area contributed by atoms with E-state index in [9.17, 15) is 18.0 Å². The normalized spacial score (nSPS) is 11.2. The van der Waals surface area contributed by atoms with Crippen LogP contribution in [0.5, 0.6) is 0 Å². The van der Waals surface area contributed by atoms with Gasteiger partial charge in [-0.15, -0.1) is 13.2 Å². The molecule has 0 aliphatic heterocycles. The summed E-state index contributed by atoms with van der Waals surface area (Å²) in [7, 11) is 0.